The SMILES string of the molecule is COC(=O)c1nc2ccccc2c2ccccc12.c1ccc2c(c1)ccc1c3c(ccc12)CCCC3. The van der Waals surface area contributed by atoms with Gasteiger partial charge in [-0.25, -0.2) is 9.78 Å². The number of carbonyl (C=O) groups is 1. The summed E-state index contributed by atoms with van der Waals surface area (Å²) in [6.45, 7) is 0. The van der Waals surface area contributed by atoms with E-state index in [1.54, 1.807) is 11.1 Å². The van der Waals surface area contributed by atoms with E-state index in [9.17, 15) is 4.79 Å². The third-order valence-corrected chi connectivity index (χ3v) is 7.24. The van der Waals surface area contributed by atoms with E-state index in [-0.39, 0.29) is 0 Å². The standard InChI is InChI=1S/C18H16.C15H11NO2/c1-3-7-15-13(5-1)9-11-18-16-8-4-2-6-14(16)10-12-17(15)18;1-18-15(17)14-12-8-3-2-6-10(12)11-7-4-5-9-13(11)16-14/h1,3,5,7,9-12H,2,4,6,8H2;2-9H,1H3. The van der Waals surface area contributed by atoms with Crippen molar-refractivity contribution in [1.82, 2.24) is 4.98 Å². The molecule has 0 bridgehead atoms. The monoisotopic (exact) mass is 469 g/mol. The van der Waals surface area contributed by atoms with Gasteiger partial charge in [0.15, 0.2) is 5.69 Å². The van der Waals surface area contributed by atoms with Crippen molar-refractivity contribution in [2.75, 3.05) is 7.11 Å². The average Bonchev–Trinajstić information content (AvgIpc) is 2.96. The minimum atomic E-state index is -0.406. The van der Waals surface area contributed by atoms with Crippen LogP contribution in [0.4, 0.5) is 0 Å². The topological polar surface area (TPSA) is 39.2 Å². The largest absolute Gasteiger partial charge is 0.464 e. The van der Waals surface area contributed by atoms with E-state index >= 15 is 0 Å². The Morgan fingerprint density at radius 1 is 0.639 bits per heavy atom. The summed E-state index contributed by atoms with van der Waals surface area (Å²) in [5.41, 5.74) is 4.34. The van der Waals surface area contributed by atoms with Crippen molar-refractivity contribution in [3.05, 3.63) is 114 Å². The van der Waals surface area contributed by atoms with Crippen molar-refractivity contribution in [3.63, 3.8) is 0 Å². The summed E-state index contributed by atoms with van der Waals surface area (Å²) in [5.74, 6) is -0.406. The molecule has 1 aromatic heterocycles. The molecule has 0 saturated heterocycles. The third kappa shape index (κ3) is 3.87. The molecule has 176 valence electrons. The lowest BCUT2D eigenvalue weighted by Gasteiger charge is -2.18. The molecule has 5 aromatic carbocycles. The maximum Gasteiger partial charge on any atom is 0.357 e. The molecular formula is C33H27NO2. The molecule has 6 aromatic rings. The van der Waals surface area contributed by atoms with E-state index in [1.165, 1.54) is 54.3 Å². The van der Waals surface area contributed by atoms with Crippen LogP contribution in [0.15, 0.2) is 97.1 Å². The van der Waals surface area contributed by atoms with Gasteiger partial charge in [0.1, 0.15) is 0 Å². The fourth-order valence-electron chi connectivity index (χ4n) is 5.50. The number of hydrogen-bond acceptors (Lipinski definition) is 3. The molecule has 0 radical (unpaired) electrons. The normalized spacial score (nSPS) is 12.8. The van der Waals surface area contributed by atoms with Crippen molar-refractivity contribution in [1.29, 1.82) is 0 Å². The van der Waals surface area contributed by atoms with Crippen LogP contribution in [0.5, 0.6) is 0 Å². The number of hydrogen-bond donors (Lipinski definition) is 0. The van der Waals surface area contributed by atoms with Crippen LogP contribution in [-0.4, -0.2) is 18.1 Å². The number of aromatic nitrogens is 1. The number of benzene rings is 5. The quantitative estimate of drug-likeness (QED) is 0.181. The number of para-hydroxylation sites is 1. The highest BCUT2D eigenvalue weighted by molar-refractivity contribution is 6.13. The van der Waals surface area contributed by atoms with Crippen LogP contribution in [0.2, 0.25) is 0 Å². The number of nitrogens with zero attached hydrogens (tertiary/aromatic N) is 1. The lowest BCUT2D eigenvalue weighted by Crippen LogP contribution is -2.05. The van der Waals surface area contributed by atoms with Gasteiger partial charge < -0.3 is 4.74 Å². The maximum absolute atomic E-state index is 11.8. The van der Waals surface area contributed by atoms with Gasteiger partial charge in [0.2, 0.25) is 0 Å². The number of aryl methyl sites for hydroxylation is 2. The first-order valence-electron chi connectivity index (χ1n) is 12.5. The van der Waals surface area contributed by atoms with Crippen molar-refractivity contribution in [2.45, 2.75) is 25.7 Å². The molecular weight excluding hydrogens is 442 g/mol. The highest BCUT2D eigenvalue weighted by atomic mass is 16.5. The van der Waals surface area contributed by atoms with Gasteiger partial charge in [-0.15, -0.1) is 0 Å². The molecule has 0 amide bonds. The molecule has 0 atom stereocenters. The van der Waals surface area contributed by atoms with E-state index < -0.39 is 5.97 Å². The second-order valence-corrected chi connectivity index (χ2v) is 9.31. The molecule has 3 nitrogen and oxygen atoms in total. The molecule has 0 aliphatic heterocycles. The first-order valence-corrected chi connectivity index (χ1v) is 12.5. The minimum Gasteiger partial charge on any atom is -0.464 e. The van der Waals surface area contributed by atoms with Gasteiger partial charge in [-0.3, -0.25) is 0 Å². The highest BCUT2D eigenvalue weighted by Gasteiger charge is 2.15. The maximum atomic E-state index is 11.8. The van der Waals surface area contributed by atoms with Crippen LogP contribution >= 0.6 is 0 Å². The smallest absolute Gasteiger partial charge is 0.357 e. The Bertz CT molecular complexity index is 1750. The Morgan fingerprint density at radius 3 is 2.11 bits per heavy atom. The van der Waals surface area contributed by atoms with Gasteiger partial charge in [0.25, 0.3) is 0 Å². The summed E-state index contributed by atoms with van der Waals surface area (Å²) in [7, 11) is 1.37. The van der Waals surface area contributed by atoms with Crippen LogP contribution in [-0.2, 0) is 17.6 Å². The zero-order valence-electron chi connectivity index (χ0n) is 20.3. The van der Waals surface area contributed by atoms with Gasteiger partial charge in [0.05, 0.1) is 12.6 Å². The van der Waals surface area contributed by atoms with Crippen LogP contribution in [0.25, 0.3) is 43.2 Å². The second kappa shape index (κ2) is 9.43. The van der Waals surface area contributed by atoms with E-state index in [0.29, 0.717) is 5.69 Å². The van der Waals surface area contributed by atoms with Crippen molar-refractivity contribution < 1.29 is 9.53 Å². The fourth-order valence-corrected chi connectivity index (χ4v) is 5.50. The third-order valence-electron chi connectivity index (χ3n) is 7.24. The zero-order valence-corrected chi connectivity index (χ0v) is 20.3. The highest BCUT2D eigenvalue weighted by Crippen LogP contribution is 2.33. The summed E-state index contributed by atoms with van der Waals surface area (Å²) >= 11 is 0. The van der Waals surface area contributed by atoms with Gasteiger partial charge in [-0.05, 0) is 69.8 Å². The zero-order chi connectivity index (χ0) is 24.5. The predicted molar refractivity (Wildman–Crippen MR) is 149 cm³/mol. The summed E-state index contributed by atoms with van der Waals surface area (Å²) in [4.78, 5) is 16.2. The Kier molecular flexibility index (Phi) is 5.82. The van der Waals surface area contributed by atoms with Crippen molar-refractivity contribution in [2.24, 2.45) is 0 Å². The van der Waals surface area contributed by atoms with Crippen molar-refractivity contribution >= 4 is 49.2 Å². The van der Waals surface area contributed by atoms with E-state index in [2.05, 4.69) is 53.5 Å². The first-order chi connectivity index (χ1) is 17.7. The fraction of sp³-hybridized carbons (Fsp3) is 0.152. The number of rotatable bonds is 1. The Morgan fingerprint density at radius 2 is 1.28 bits per heavy atom. The summed E-state index contributed by atoms with van der Waals surface area (Å²) in [5, 5.41) is 8.52. The van der Waals surface area contributed by atoms with Gasteiger partial charge in [-0.1, -0.05) is 91.0 Å². The molecule has 3 heteroatoms. The summed E-state index contributed by atoms with van der Waals surface area (Å²) < 4.78 is 4.79. The summed E-state index contributed by atoms with van der Waals surface area (Å²) in [6.07, 6.45) is 5.22. The van der Waals surface area contributed by atoms with Crippen LogP contribution in [0.3, 0.4) is 0 Å². The average molecular weight is 470 g/mol. The van der Waals surface area contributed by atoms with Crippen LogP contribution in [0.1, 0.15) is 34.5 Å². The van der Waals surface area contributed by atoms with Gasteiger partial charge in [0, 0.05) is 10.8 Å². The van der Waals surface area contributed by atoms with Gasteiger partial charge >= 0.3 is 5.97 Å². The lowest BCUT2D eigenvalue weighted by molar-refractivity contribution is 0.0597. The molecule has 1 aliphatic rings. The number of esters is 1. The molecule has 0 fully saturated rings. The second-order valence-electron chi connectivity index (χ2n) is 9.31. The number of methoxy groups -OCH3 is 1. The molecule has 36 heavy (non-hydrogen) atoms. The molecule has 7 rings (SSSR count). The number of carbonyl (C=O) groups excluding carboxylic acids is 1. The van der Waals surface area contributed by atoms with Crippen LogP contribution in [0, 0.1) is 0 Å². The van der Waals surface area contributed by atoms with E-state index in [0.717, 1.165) is 21.7 Å². The summed E-state index contributed by atoms with van der Waals surface area (Å²) in [6, 6.07) is 33.5. The number of fused-ring (bicyclic) bond motifs is 8. The van der Waals surface area contributed by atoms with Gasteiger partial charge in [-0.2, -0.15) is 0 Å². The molecule has 1 aliphatic carbocycles. The number of ether oxygens (including phenoxy) is 1. The van der Waals surface area contributed by atoms with Crippen molar-refractivity contribution in [3.8, 4) is 0 Å². The lowest BCUT2D eigenvalue weighted by atomic mass is 9.86. The Hall–Kier alpha value is -4.24. The predicted octanol–water partition coefficient (Wildman–Crippen LogP) is 8.05. The molecule has 0 saturated carbocycles. The van der Waals surface area contributed by atoms with Crippen LogP contribution < -0.4 is 0 Å². The minimum absolute atomic E-state index is 0.367. The molecule has 1 heterocycles. The van der Waals surface area contributed by atoms with E-state index in [1.807, 2.05) is 48.5 Å². The first kappa shape index (κ1) is 22.2. The Balaban J connectivity index is 0.000000133. The molecule has 0 spiro atoms. The molecule has 0 N–H and O–H groups in total. The Labute approximate surface area is 210 Å². The number of pyridine rings is 1. The van der Waals surface area contributed by atoms with E-state index in [4.69, 9.17) is 4.74 Å². The molecule has 0 unspecified atom stereocenters.